The Kier molecular flexibility index (Phi) is 3.87. The van der Waals surface area contributed by atoms with Gasteiger partial charge in [0.25, 0.3) is 0 Å². The molecular formula is C14H12N2O3. The van der Waals surface area contributed by atoms with E-state index in [2.05, 4.69) is 9.97 Å². The number of ether oxygens (including phenoxy) is 1. The zero-order chi connectivity index (χ0) is 13.7. The lowest BCUT2D eigenvalue weighted by Gasteiger charge is -2.03. The lowest BCUT2D eigenvalue weighted by atomic mass is 10.2. The number of hydrogen-bond donors (Lipinski definition) is 1. The standard InChI is InChI=1S/C14H12N2O3/c1-19-12-5-2-10(3-6-12)14-15-9-8-11(16-14)4-7-13(17)18/h2-9H,1H3,(H,17,18)/b7-4+. The monoisotopic (exact) mass is 256 g/mol. The van der Waals surface area contributed by atoms with Crippen LogP contribution in [-0.4, -0.2) is 28.2 Å². The normalized spacial score (nSPS) is 10.6. The van der Waals surface area contributed by atoms with Crippen LogP contribution in [0.2, 0.25) is 0 Å². The minimum Gasteiger partial charge on any atom is -0.497 e. The minimum atomic E-state index is -1.01. The van der Waals surface area contributed by atoms with Gasteiger partial charge in [0.2, 0.25) is 0 Å². The van der Waals surface area contributed by atoms with E-state index in [1.807, 2.05) is 24.3 Å². The van der Waals surface area contributed by atoms with Crippen molar-refractivity contribution in [3.05, 3.63) is 48.3 Å². The Labute approximate surface area is 110 Å². The molecule has 0 atom stereocenters. The van der Waals surface area contributed by atoms with Gasteiger partial charge in [0.05, 0.1) is 12.8 Å². The molecule has 0 fully saturated rings. The summed E-state index contributed by atoms with van der Waals surface area (Å²) in [5.74, 6) is 0.283. The SMILES string of the molecule is COc1ccc(-c2nccc(/C=C/C(=O)O)n2)cc1. The molecule has 5 nitrogen and oxygen atoms in total. The summed E-state index contributed by atoms with van der Waals surface area (Å²) in [4.78, 5) is 18.9. The van der Waals surface area contributed by atoms with Crippen LogP contribution in [0.4, 0.5) is 0 Å². The molecule has 2 aromatic rings. The first-order valence-electron chi connectivity index (χ1n) is 5.57. The Balaban J connectivity index is 2.29. The van der Waals surface area contributed by atoms with Crippen molar-refractivity contribution in [2.75, 3.05) is 7.11 Å². The molecule has 0 aliphatic heterocycles. The van der Waals surface area contributed by atoms with Crippen molar-refractivity contribution in [2.24, 2.45) is 0 Å². The summed E-state index contributed by atoms with van der Waals surface area (Å²) >= 11 is 0. The predicted octanol–water partition coefficient (Wildman–Crippen LogP) is 2.25. The number of benzene rings is 1. The van der Waals surface area contributed by atoms with Crippen molar-refractivity contribution in [1.29, 1.82) is 0 Å². The van der Waals surface area contributed by atoms with Gasteiger partial charge in [-0.15, -0.1) is 0 Å². The van der Waals surface area contributed by atoms with E-state index < -0.39 is 5.97 Å². The van der Waals surface area contributed by atoms with E-state index in [4.69, 9.17) is 9.84 Å². The first kappa shape index (κ1) is 12.8. The lowest BCUT2D eigenvalue weighted by molar-refractivity contribution is -0.131. The quantitative estimate of drug-likeness (QED) is 0.849. The summed E-state index contributed by atoms with van der Waals surface area (Å²) in [7, 11) is 1.60. The molecule has 0 amide bonds. The molecule has 96 valence electrons. The molecule has 0 bridgehead atoms. The zero-order valence-corrected chi connectivity index (χ0v) is 10.3. The highest BCUT2D eigenvalue weighted by molar-refractivity contribution is 5.84. The summed E-state index contributed by atoms with van der Waals surface area (Å²) < 4.78 is 5.08. The van der Waals surface area contributed by atoms with Crippen molar-refractivity contribution in [1.82, 2.24) is 9.97 Å². The van der Waals surface area contributed by atoms with E-state index in [1.165, 1.54) is 6.08 Å². The lowest BCUT2D eigenvalue weighted by Crippen LogP contribution is -1.92. The Morgan fingerprint density at radius 1 is 1.26 bits per heavy atom. The zero-order valence-electron chi connectivity index (χ0n) is 10.3. The third kappa shape index (κ3) is 3.38. The Morgan fingerprint density at radius 2 is 2.00 bits per heavy atom. The van der Waals surface area contributed by atoms with Gasteiger partial charge in [0.15, 0.2) is 5.82 Å². The largest absolute Gasteiger partial charge is 0.497 e. The molecule has 0 aliphatic carbocycles. The fourth-order valence-corrected chi connectivity index (χ4v) is 1.50. The van der Waals surface area contributed by atoms with Gasteiger partial charge in [0.1, 0.15) is 5.75 Å². The van der Waals surface area contributed by atoms with Gasteiger partial charge in [-0.2, -0.15) is 0 Å². The van der Waals surface area contributed by atoms with Gasteiger partial charge in [-0.25, -0.2) is 14.8 Å². The molecule has 1 aromatic heterocycles. The molecule has 0 spiro atoms. The summed E-state index contributed by atoms with van der Waals surface area (Å²) in [6, 6.07) is 8.97. The second-order valence-electron chi connectivity index (χ2n) is 3.71. The molecule has 0 radical (unpaired) electrons. The number of aliphatic carboxylic acids is 1. The molecule has 5 heteroatoms. The highest BCUT2D eigenvalue weighted by atomic mass is 16.5. The van der Waals surface area contributed by atoms with Crippen LogP contribution in [-0.2, 0) is 4.79 Å². The molecule has 0 unspecified atom stereocenters. The maximum atomic E-state index is 10.5. The summed E-state index contributed by atoms with van der Waals surface area (Å²) in [6.45, 7) is 0. The fourth-order valence-electron chi connectivity index (χ4n) is 1.50. The van der Waals surface area contributed by atoms with E-state index in [1.54, 1.807) is 19.4 Å². The average Bonchev–Trinajstić information content (AvgIpc) is 2.45. The molecule has 1 aromatic carbocycles. The number of rotatable bonds is 4. The summed E-state index contributed by atoms with van der Waals surface area (Å²) in [5, 5.41) is 8.57. The summed E-state index contributed by atoms with van der Waals surface area (Å²) in [5.41, 5.74) is 1.38. The van der Waals surface area contributed by atoms with E-state index in [0.29, 0.717) is 11.5 Å². The maximum absolute atomic E-state index is 10.5. The Morgan fingerprint density at radius 3 is 2.63 bits per heavy atom. The number of carboxylic acids is 1. The number of nitrogens with zero attached hydrogens (tertiary/aromatic N) is 2. The number of methoxy groups -OCH3 is 1. The molecule has 1 N–H and O–H groups in total. The predicted molar refractivity (Wildman–Crippen MR) is 70.7 cm³/mol. The first-order valence-corrected chi connectivity index (χ1v) is 5.57. The van der Waals surface area contributed by atoms with E-state index in [9.17, 15) is 4.79 Å². The molecular weight excluding hydrogens is 244 g/mol. The van der Waals surface area contributed by atoms with Crippen LogP contribution in [0, 0.1) is 0 Å². The number of hydrogen-bond acceptors (Lipinski definition) is 4. The fraction of sp³-hybridized carbons (Fsp3) is 0.0714. The second kappa shape index (κ2) is 5.77. The average molecular weight is 256 g/mol. The third-order valence-electron chi connectivity index (χ3n) is 2.42. The number of carboxylic acid groups (broad SMARTS) is 1. The number of carbonyl (C=O) groups is 1. The smallest absolute Gasteiger partial charge is 0.328 e. The van der Waals surface area contributed by atoms with E-state index >= 15 is 0 Å². The van der Waals surface area contributed by atoms with Crippen LogP contribution in [0.3, 0.4) is 0 Å². The van der Waals surface area contributed by atoms with Crippen molar-refractivity contribution >= 4 is 12.0 Å². The van der Waals surface area contributed by atoms with Crippen molar-refractivity contribution in [2.45, 2.75) is 0 Å². The van der Waals surface area contributed by atoms with Crippen molar-refractivity contribution in [3.8, 4) is 17.1 Å². The van der Waals surface area contributed by atoms with Gasteiger partial charge >= 0.3 is 5.97 Å². The van der Waals surface area contributed by atoms with Gasteiger partial charge in [-0.1, -0.05) is 0 Å². The van der Waals surface area contributed by atoms with Gasteiger partial charge in [-0.3, -0.25) is 0 Å². The molecule has 0 saturated carbocycles. The van der Waals surface area contributed by atoms with Crippen LogP contribution in [0.15, 0.2) is 42.6 Å². The Hall–Kier alpha value is -2.69. The van der Waals surface area contributed by atoms with Crippen molar-refractivity contribution in [3.63, 3.8) is 0 Å². The van der Waals surface area contributed by atoms with E-state index in [-0.39, 0.29) is 0 Å². The first-order chi connectivity index (χ1) is 9.19. The van der Waals surface area contributed by atoms with Crippen molar-refractivity contribution < 1.29 is 14.6 Å². The maximum Gasteiger partial charge on any atom is 0.328 e. The number of aromatic nitrogens is 2. The summed E-state index contributed by atoms with van der Waals surface area (Å²) in [6.07, 6.45) is 4.06. The topological polar surface area (TPSA) is 72.3 Å². The molecule has 1 heterocycles. The van der Waals surface area contributed by atoms with E-state index in [0.717, 1.165) is 17.4 Å². The molecule has 19 heavy (non-hydrogen) atoms. The van der Waals surface area contributed by atoms with Crippen LogP contribution < -0.4 is 4.74 Å². The molecule has 0 saturated heterocycles. The highest BCUT2D eigenvalue weighted by Gasteiger charge is 2.02. The van der Waals surface area contributed by atoms with Gasteiger partial charge in [-0.05, 0) is 36.4 Å². The highest BCUT2D eigenvalue weighted by Crippen LogP contribution is 2.19. The minimum absolute atomic E-state index is 0.537. The molecule has 0 aliphatic rings. The van der Waals surface area contributed by atoms with Gasteiger partial charge < -0.3 is 9.84 Å². The van der Waals surface area contributed by atoms with Gasteiger partial charge in [0, 0.05) is 17.8 Å². The third-order valence-corrected chi connectivity index (χ3v) is 2.42. The van der Waals surface area contributed by atoms with Crippen LogP contribution >= 0.6 is 0 Å². The second-order valence-corrected chi connectivity index (χ2v) is 3.71. The molecule has 2 rings (SSSR count). The van der Waals surface area contributed by atoms with Crippen LogP contribution in [0.25, 0.3) is 17.5 Å². The van der Waals surface area contributed by atoms with Crippen LogP contribution in [0.1, 0.15) is 5.69 Å². The van der Waals surface area contributed by atoms with Crippen LogP contribution in [0.5, 0.6) is 5.75 Å². The Bertz CT molecular complexity index is 606.